The summed E-state index contributed by atoms with van der Waals surface area (Å²) in [4.78, 5) is 81.3. The predicted octanol–water partition coefficient (Wildman–Crippen LogP) is 4.71. The molecule has 0 saturated carbocycles. The van der Waals surface area contributed by atoms with Crippen LogP contribution in [0.1, 0.15) is 113 Å². The highest BCUT2D eigenvalue weighted by Gasteiger charge is 2.61. The third-order valence-corrected chi connectivity index (χ3v) is 10.4. The van der Waals surface area contributed by atoms with Gasteiger partial charge in [-0.05, 0) is 118 Å². The lowest BCUT2D eigenvalue weighted by Gasteiger charge is -2.54. The Morgan fingerprint density at radius 1 is 0.750 bits per heavy atom. The number of carbonyl (C=O) groups excluding carboxylic acids is 6. The van der Waals surface area contributed by atoms with Gasteiger partial charge in [0.25, 0.3) is 0 Å². The summed E-state index contributed by atoms with van der Waals surface area (Å²) in [6, 6.07) is 12.3. The second-order valence-electron chi connectivity index (χ2n) is 17.9. The molecule has 0 unspecified atom stereocenters. The number of piperidine rings is 1. The van der Waals surface area contributed by atoms with E-state index >= 15 is 0 Å². The molecule has 305 valence electrons. The molecule has 0 aromatic heterocycles. The van der Waals surface area contributed by atoms with Crippen LogP contribution >= 0.6 is 0 Å². The average Bonchev–Trinajstić information content (AvgIpc) is 3.41. The maximum absolute atomic E-state index is 14.6. The second kappa shape index (κ2) is 16.0. The molecule has 4 N–H and O–H groups in total. The summed E-state index contributed by atoms with van der Waals surface area (Å²) in [6.07, 6.45) is -1.27. The molecule has 4 amide bonds. The summed E-state index contributed by atoms with van der Waals surface area (Å²) in [5.41, 5.74) is -2.42. The third-order valence-electron chi connectivity index (χ3n) is 10.4. The van der Waals surface area contributed by atoms with Crippen molar-refractivity contribution in [1.82, 2.24) is 26.3 Å². The number of esters is 1. The predicted molar refractivity (Wildman–Crippen MR) is 208 cm³/mol. The highest BCUT2D eigenvalue weighted by molar-refractivity contribution is 6.10. The van der Waals surface area contributed by atoms with Crippen molar-refractivity contribution in [2.24, 2.45) is 5.41 Å². The molecule has 4 rings (SSSR count). The van der Waals surface area contributed by atoms with E-state index in [1.165, 1.54) is 34.6 Å². The zero-order valence-corrected chi connectivity index (χ0v) is 34.7. The van der Waals surface area contributed by atoms with Crippen LogP contribution in [-0.2, 0) is 38.7 Å². The number of hydrogen-bond donors (Lipinski definition) is 4. The molecule has 1 radical (unpaired) electrons. The molecule has 2 aromatic rings. The van der Waals surface area contributed by atoms with Crippen LogP contribution in [0.2, 0.25) is 0 Å². The minimum Gasteiger partial charge on any atom is -0.458 e. The summed E-state index contributed by atoms with van der Waals surface area (Å²) in [7, 11) is 0. The maximum atomic E-state index is 14.6. The molecule has 14 nitrogen and oxygen atoms in total. The first-order chi connectivity index (χ1) is 25.7. The van der Waals surface area contributed by atoms with Gasteiger partial charge in [-0.3, -0.25) is 19.2 Å². The fourth-order valence-electron chi connectivity index (χ4n) is 7.94. The van der Waals surface area contributed by atoms with E-state index in [0.29, 0.717) is 0 Å². The van der Waals surface area contributed by atoms with Crippen molar-refractivity contribution in [3.63, 3.8) is 0 Å². The Hall–Kier alpha value is -4.82. The number of ether oxygens (including phenoxy) is 2. The lowest BCUT2D eigenvalue weighted by atomic mass is 9.61. The van der Waals surface area contributed by atoms with Gasteiger partial charge in [-0.2, -0.15) is 0 Å². The molecule has 2 aromatic carbocycles. The number of nitrogens with zero attached hydrogens (tertiary/aromatic N) is 1. The Labute approximate surface area is 329 Å². The lowest BCUT2D eigenvalue weighted by Crippen LogP contribution is -2.69. The summed E-state index contributed by atoms with van der Waals surface area (Å²) in [5.74, 6) is -3.75. The molecule has 0 spiro atoms. The van der Waals surface area contributed by atoms with E-state index in [4.69, 9.17) is 9.47 Å². The van der Waals surface area contributed by atoms with E-state index < -0.39 is 81.3 Å². The Balaban J connectivity index is 1.47. The number of rotatable bonds is 12. The quantitative estimate of drug-likeness (QED) is 0.175. The number of carbonyl (C=O) groups is 6. The average molecular weight is 777 g/mol. The van der Waals surface area contributed by atoms with Gasteiger partial charge in [0, 0.05) is 17.0 Å². The Morgan fingerprint density at radius 3 is 1.75 bits per heavy atom. The Bertz CT molecular complexity index is 1800. The molecule has 3 atom stereocenters. The number of hydrogen-bond acceptors (Lipinski definition) is 9. The lowest BCUT2D eigenvalue weighted by molar-refractivity contribution is -0.299. The van der Waals surface area contributed by atoms with Gasteiger partial charge in [0.2, 0.25) is 17.7 Å². The number of fused-ring (bicyclic) bond motifs is 3. The molecule has 2 aliphatic rings. The van der Waals surface area contributed by atoms with Crippen LogP contribution < -0.4 is 21.3 Å². The number of benzene rings is 2. The van der Waals surface area contributed by atoms with E-state index in [9.17, 15) is 34.0 Å². The van der Waals surface area contributed by atoms with Crippen LogP contribution in [0.5, 0.6) is 0 Å². The smallest absolute Gasteiger partial charge is 0.408 e. The first-order valence-corrected chi connectivity index (χ1v) is 19.0. The van der Waals surface area contributed by atoms with Crippen LogP contribution in [0.15, 0.2) is 48.5 Å². The van der Waals surface area contributed by atoms with Gasteiger partial charge in [0.05, 0.1) is 6.04 Å². The molecule has 56 heavy (non-hydrogen) atoms. The first-order valence-electron chi connectivity index (χ1n) is 19.0. The number of ketones is 1. The van der Waals surface area contributed by atoms with Crippen molar-refractivity contribution < 1.29 is 43.4 Å². The minimum atomic E-state index is -1.86. The molecule has 1 saturated heterocycles. The van der Waals surface area contributed by atoms with Gasteiger partial charge in [-0.25, -0.2) is 9.59 Å². The van der Waals surface area contributed by atoms with Gasteiger partial charge in [0.15, 0.2) is 5.78 Å². The minimum absolute atomic E-state index is 0.0305. The Kier molecular flexibility index (Phi) is 12.5. The largest absolute Gasteiger partial charge is 0.458 e. The van der Waals surface area contributed by atoms with E-state index in [1.807, 2.05) is 48.5 Å². The molecular weight excluding hydrogens is 718 g/mol. The summed E-state index contributed by atoms with van der Waals surface area (Å²) in [6.45, 7) is 18.8. The fourth-order valence-corrected chi connectivity index (χ4v) is 7.94. The molecule has 0 bridgehead atoms. The molecule has 1 aliphatic heterocycles. The number of nitrogens with one attached hydrogen (secondary N) is 4. The zero-order chi connectivity index (χ0) is 42.2. The van der Waals surface area contributed by atoms with Crippen LogP contribution in [0.4, 0.5) is 4.79 Å². The van der Waals surface area contributed by atoms with Crippen molar-refractivity contribution >= 4 is 35.6 Å². The Morgan fingerprint density at radius 2 is 1.25 bits per heavy atom. The first kappa shape index (κ1) is 43.9. The van der Waals surface area contributed by atoms with Gasteiger partial charge in [0.1, 0.15) is 35.2 Å². The monoisotopic (exact) mass is 776 g/mol. The van der Waals surface area contributed by atoms with Crippen molar-refractivity contribution in [2.45, 2.75) is 142 Å². The van der Waals surface area contributed by atoms with Crippen molar-refractivity contribution in [3.05, 3.63) is 59.7 Å². The van der Waals surface area contributed by atoms with Crippen LogP contribution in [0.25, 0.3) is 11.1 Å². The number of amides is 4. The van der Waals surface area contributed by atoms with E-state index in [0.717, 1.165) is 27.3 Å². The van der Waals surface area contributed by atoms with Crippen molar-refractivity contribution in [2.75, 3.05) is 6.61 Å². The number of hydroxylamine groups is 2. The molecule has 1 aliphatic carbocycles. The topological polar surface area (TPSA) is 192 Å². The highest BCUT2D eigenvalue weighted by Crippen LogP contribution is 2.49. The second-order valence-corrected chi connectivity index (χ2v) is 17.9. The zero-order valence-electron chi connectivity index (χ0n) is 34.7. The van der Waals surface area contributed by atoms with Crippen molar-refractivity contribution in [1.29, 1.82) is 0 Å². The van der Waals surface area contributed by atoms with Crippen LogP contribution in [-0.4, -0.2) is 87.6 Å². The van der Waals surface area contributed by atoms with E-state index in [2.05, 4.69) is 21.3 Å². The number of Topliss-reactive ketones (excluding diaryl/α,β-unsaturated/α-hetero) is 1. The standard InChI is InChI=1S/C42H58N5O9/c1-24(44-35(51)41(11,12)46-37(53)55-21-31-29-19-15-13-17-27(29)28-18-14-16-20-30(28)31)32(48)42(22-39(7,8)47(54)40(9,10)23-42)36(52)45-25(2)33(49)43-26(3)34(50)56-38(4,5)6/h13-20,24-26,31H,21-23H2,1-12H3,(H,43,49)(H,44,51)(H,45,52)(H,46,53)/t24-,25-,26-/m0/s1. The fraction of sp³-hybridized carbons (Fsp3) is 0.571. The van der Waals surface area contributed by atoms with E-state index in [1.54, 1.807) is 48.5 Å². The maximum Gasteiger partial charge on any atom is 0.408 e. The normalized spacial score (nSPS) is 18.9. The summed E-state index contributed by atoms with van der Waals surface area (Å²) < 4.78 is 11.0. The molecule has 14 heteroatoms. The van der Waals surface area contributed by atoms with Gasteiger partial charge < -0.3 is 30.7 Å². The third kappa shape index (κ3) is 9.40. The van der Waals surface area contributed by atoms with Crippen LogP contribution in [0, 0.1) is 5.41 Å². The SMILES string of the molecule is C[C@H](NC(=O)C1(C(=O)[C@H](C)NC(=O)C(C)(C)NC(=O)OCC2c3ccccc3-c3ccccc32)CC(C)(C)N([O])C(C)(C)C1)C(=O)N[C@@H](C)C(=O)OC(C)(C)C. The van der Waals surface area contributed by atoms with Gasteiger partial charge >= 0.3 is 12.1 Å². The number of alkyl carbamates (subject to hydrolysis) is 1. The van der Waals surface area contributed by atoms with E-state index in [-0.39, 0.29) is 25.4 Å². The molecule has 1 fully saturated rings. The van der Waals surface area contributed by atoms with Crippen molar-refractivity contribution in [3.8, 4) is 11.1 Å². The van der Waals surface area contributed by atoms with Gasteiger partial charge in [-0.1, -0.05) is 48.5 Å². The highest BCUT2D eigenvalue weighted by atomic mass is 16.6. The van der Waals surface area contributed by atoms with Crippen LogP contribution in [0.3, 0.4) is 0 Å². The summed E-state index contributed by atoms with van der Waals surface area (Å²) >= 11 is 0. The van der Waals surface area contributed by atoms with Gasteiger partial charge in [-0.15, -0.1) is 10.3 Å². The molecule has 1 heterocycles. The summed E-state index contributed by atoms with van der Waals surface area (Å²) in [5, 5.41) is 24.7. The molecular formula is C42H58N5O9.